The van der Waals surface area contributed by atoms with Crippen LogP contribution in [0.3, 0.4) is 0 Å². The van der Waals surface area contributed by atoms with E-state index in [2.05, 4.69) is 62.5 Å². The Morgan fingerprint density at radius 1 is 0.841 bits per heavy atom. The summed E-state index contributed by atoms with van der Waals surface area (Å²) >= 11 is 0. The first-order valence-electron chi connectivity index (χ1n) is 15.5. The van der Waals surface area contributed by atoms with Gasteiger partial charge in [-0.25, -0.2) is 4.79 Å². The highest BCUT2D eigenvalue weighted by molar-refractivity contribution is 5.70. The predicted octanol–water partition coefficient (Wildman–Crippen LogP) is 7.89. The first-order valence-corrected chi connectivity index (χ1v) is 15.5. The van der Waals surface area contributed by atoms with E-state index in [1.54, 1.807) is 7.11 Å². The SMILES string of the molecule is COc1ccc(C(C)C)cc1CN[C@H]1[C@H](COCc2ccccc2)[C@@H](C)N(C(=O)OCc2ccccc2)[C@H]1c1ccccc1. The first kappa shape index (κ1) is 31.3. The van der Waals surface area contributed by atoms with Gasteiger partial charge in [0.15, 0.2) is 0 Å². The zero-order valence-corrected chi connectivity index (χ0v) is 26.2. The van der Waals surface area contributed by atoms with Crippen LogP contribution in [-0.4, -0.2) is 36.8 Å². The normalized spacial score (nSPS) is 19.7. The standard InChI is InChI=1S/C38H44N2O4/c1-27(2)32-20-21-35(42-4)33(22-32)23-39-36-34(26-43-24-29-14-8-5-9-15-29)28(3)40(37(36)31-18-12-7-13-19-31)38(41)44-25-30-16-10-6-11-17-30/h5-22,27-28,34,36-37,39H,23-26H2,1-4H3/t28-,34-,36+,37+/m1/s1. The molecular weight excluding hydrogens is 548 g/mol. The monoisotopic (exact) mass is 592 g/mol. The number of carbonyl (C=O) groups excluding carboxylic acids is 1. The van der Waals surface area contributed by atoms with Crippen molar-refractivity contribution >= 4 is 6.09 Å². The number of likely N-dealkylation sites (tertiary alicyclic amines) is 1. The Balaban J connectivity index is 1.45. The van der Waals surface area contributed by atoms with E-state index in [1.165, 1.54) is 5.56 Å². The number of ether oxygens (including phenoxy) is 3. The highest BCUT2D eigenvalue weighted by atomic mass is 16.6. The second-order valence-electron chi connectivity index (χ2n) is 11.8. The van der Waals surface area contributed by atoms with Crippen LogP contribution in [0, 0.1) is 5.92 Å². The lowest BCUT2D eigenvalue weighted by Gasteiger charge is -2.30. The highest BCUT2D eigenvalue weighted by Crippen LogP contribution is 2.41. The van der Waals surface area contributed by atoms with Crippen LogP contribution >= 0.6 is 0 Å². The topological polar surface area (TPSA) is 60.0 Å². The number of rotatable bonds is 12. The fourth-order valence-electron chi connectivity index (χ4n) is 6.18. The van der Waals surface area contributed by atoms with Gasteiger partial charge < -0.3 is 19.5 Å². The number of nitrogens with zero attached hydrogens (tertiary/aromatic N) is 1. The number of hydrogen-bond donors (Lipinski definition) is 1. The van der Waals surface area contributed by atoms with Gasteiger partial charge in [-0.15, -0.1) is 0 Å². The number of hydrogen-bond acceptors (Lipinski definition) is 5. The van der Waals surface area contributed by atoms with Gasteiger partial charge in [0.1, 0.15) is 12.4 Å². The second-order valence-corrected chi connectivity index (χ2v) is 11.8. The molecule has 6 nitrogen and oxygen atoms in total. The van der Waals surface area contributed by atoms with Gasteiger partial charge in [-0.3, -0.25) is 4.90 Å². The minimum absolute atomic E-state index is 0.00692. The van der Waals surface area contributed by atoms with Gasteiger partial charge in [0.05, 0.1) is 26.4 Å². The lowest BCUT2D eigenvalue weighted by molar-refractivity contribution is 0.0586. The minimum atomic E-state index is -0.327. The molecule has 1 heterocycles. The van der Waals surface area contributed by atoms with Crippen molar-refractivity contribution in [2.45, 2.75) is 64.6 Å². The molecule has 6 heteroatoms. The van der Waals surface area contributed by atoms with Crippen LogP contribution in [0.2, 0.25) is 0 Å². The van der Waals surface area contributed by atoms with Gasteiger partial charge in [-0.05, 0) is 41.2 Å². The largest absolute Gasteiger partial charge is 0.496 e. The van der Waals surface area contributed by atoms with Gasteiger partial charge in [0.2, 0.25) is 0 Å². The van der Waals surface area contributed by atoms with Crippen molar-refractivity contribution in [2.75, 3.05) is 13.7 Å². The molecule has 4 aromatic rings. The summed E-state index contributed by atoms with van der Waals surface area (Å²) in [4.78, 5) is 15.8. The van der Waals surface area contributed by atoms with Gasteiger partial charge in [0.25, 0.3) is 0 Å². The summed E-state index contributed by atoms with van der Waals surface area (Å²) in [5.74, 6) is 1.25. The van der Waals surface area contributed by atoms with Gasteiger partial charge >= 0.3 is 6.09 Å². The molecule has 0 aliphatic carbocycles. The second kappa shape index (κ2) is 15.0. The number of nitrogens with one attached hydrogen (secondary N) is 1. The van der Waals surface area contributed by atoms with Crippen molar-refractivity contribution in [1.82, 2.24) is 10.2 Å². The number of methoxy groups -OCH3 is 1. The third-order valence-corrected chi connectivity index (χ3v) is 8.64. The Bertz CT molecular complexity index is 1460. The third kappa shape index (κ3) is 7.50. The maximum atomic E-state index is 13.9. The van der Waals surface area contributed by atoms with Gasteiger partial charge in [-0.2, -0.15) is 0 Å². The summed E-state index contributed by atoms with van der Waals surface area (Å²) in [6.45, 7) is 8.31. The van der Waals surface area contributed by atoms with Crippen molar-refractivity contribution in [3.05, 3.63) is 137 Å². The molecule has 230 valence electrons. The van der Waals surface area contributed by atoms with Crippen LogP contribution in [0.5, 0.6) is 5.75 Å². The van der Waals surface area contributed by atoms with E-state index in [-0.39, 0.29) is 36.7 Å². The quantitative estimate of drug-likeness (QED) is 0.181. The first-order chi connectivity index (χ1) is 21.5. The summed E-state index contributed by atoms with van der Waals surface area (Å²) in [5.41, 5.74) is 5.49. The zero-order chi connectivity index (χ0) is 30.9. The fraction of sp³-hybridized carbons (Fsp3) is 0.342. The molecule has 0 saturated carbocycles. The van der Waals surface area contributed by atoms with E-state index in [9.17, 15) is 4.79 Å². The maximum absolute atomic E-state index is 13.9. The van der Waals surface area contributed by atoms with E-state index < -0.39 is 0 Å². The van der Waals surface area contributed by atoms with Crippen molar-refractivity contribution < 1.29 is 19.0 Å². The number of amides is 1. The number of carbonyl (C=O) groups is 1. The molecule has 0 bridgehead atoms. The van der Waals surface area contributed by atoms with Crippen LogP contribution in [-0.2, 0) is 29.2 Å². The molecule has 0 unspecified atom stereocenters. The summed E-state index contributed by atoms with van der Waals surface area (Å²) in [6, 6.07) is 36.2. The molecule has 1 amide bonds. The lowest BCUT2D eigenvalue weighted by Crippen LogP contribution is -2.41. The van der Waals surface area contributed by atoms with E-state index in [0.29, 0.717) is 25.7 Å². The van der Waals surface area contributed by atoms with E-state index >= 15 is 0 Å². The molecule has 4 aromatic carbocycles. The van der Waals surface area contributed by atoms with Crippen LogP contribution in [0.4, 0.5) is 4.79 Å². The Hall–Kier alpha value is -4.13. The van der Waals surface area contributed by atoms with E-state index in [1.807, 2.05) is 77.7 Å². The van der Waals surface area contributed by atoms with Crippen LogP contribution in [0.25, 0.3) is 0 Å². The molecule has 4 atom stereocenters. The molecule has 0 aromatic heterocycles. The van der Waals surface area contributed by atoms with Crippen molar-refractivity contribution in [3.63, 3.8) is 0 Å². The minimum Gasteiger partial charge on any atom is -0.496 e. The number of benzene rings is 4. The highest BCUT2D eigenvalue weighted by Gasteiger charge is 2.50. The molecule has 1 aliphatic heterocycles. The molecule has 0 radical (unpaired) electrons. The fourth-order valence-corrected chi connectivity index (χ4v) is 6.18. The molecular formula is C38H44N2O4. The predicted molar refractivity (Wildman–Crippen MR) is 174 cm³/mol. The molecule has 44 heavy (non-hydrogen) atoms. The van der Waals surface area contributed by atoms with Crippen molar-refractivity contribution in [2.24, 2.45) is 5.92 Å². The summed E-state index contributed by atoms with van der Waals surface area (Å²) in [5, 5.41) is 3.87. The van der Waals surface area contributed by atoms with Crippen molar-refractivity contribution in [3.8, 4) is 5.75 Å². The third-order valence-electron chi connectivity index (χ3n) is 8.64. The molecule has 1 aliphatic rings. The molecule has 1 saturated heterocycles. The maximum Gasteiger partial charge on any atom is 0.410 e. The van der Waals surface area contributed by atoms with Gasteiger partial charge in [-0.1, -0.05) is 117 Å². The van der Waals surface area contributed by atoms with Crippen LogP contribution < -0.4 is 10.1 Å². The van der Waals surface area contributed by atoms with E-state index in [4.69, 9.17) is 14.2 Å². The Labute approximate surface area is 262 Å². The van der Waals surface area contributed by atoms with E-state index in [0.717, 1.165) is 28.0 Å². The smallest absolute Gasteiger partial charge is 0.410 e. The Morgan fingerprint density at radius 2 is 1.45 bits per heavy atom. The summed E-state index contributed by atoms with van der Waals surface area (Å²) in [7, 11) is 1.71. The molecule has 0 spiro atoms. The average Bonchev–Trinajstić information content (AvgIpc) is 3.34. The summed E-state index contributed by atoms with van der Waals surface area (Å²) < 4.78 is 18.0. The zero-order valence-electron chi connectivity index (χ0n) is 26.2. The Kier molecular flexibility index (Phi) is 10.7. The average molecular weight is 593 g/mol. The molecule has 5 rings (SSSR count). The molecule has 1 fully saturated rings. The molecule has 1 N–H and O–H groups in total. The Morgan fingerprint density at radius 3 is 2.07 bits per heavy atom. The van der Waals surface area contributed by atoms with Crippen LogP contribution in [0.1, 0.15) is 60.5 Å². The van der Waals surface area contributed by atoms with Crippen molar-refractivity contribution in [1.29, 1.82) is 0 Å². The van der Waals surface area contributed by atoms with Crippen LogP contribution in [0.15, 0.2) is 109 Å². The summed E-state index contributed by atoms with van der Waals surface area (Å²) in [6.07, 6.45) is -0.327. The van der Waals surface area contributed by atoms with Gasteiger partial charge in [0, 0.05) is 30.1 Å². The lowest BCUT2D eigenvalue weighted by atomic mass is 9.91.